The zero-order valence-corrected chi connectivity index (χ0v) is 13.3. The molecule has 2 rings (SSSR count). The van der Waals surface area contributed by atoms with Crippen LogP contribution in [0.1, 0.15) is 11.3 Å². The van der Waals surface area contributed by atoms with E-state index in [2.05, 4.69) is 31.5 Å². The van der Waals surface area contributed by atoms with Gasteiger partial charge in [0.05, 0.1) is 5.69 Å². The van der Waals surface area contributed by atoms with Crippen molar-refractivity contribution in [2.75, 3.05) is 10.6 Å². The van der Waals surface area contributed by atoms with Gasteiger partial charge in [-0.2, -0.15) is 0 Å². The van der Waals surface area contributed by atoms with Gasteiger partial charge >= 0.3 is 11.8 Å². The van der Waals surface area contributed by atoms with Crippen molar-refractivity contribution < 1.29 is 9.59 Å². The molecule has 1 aromatic heterocycles. The first-order valence-corrected chi connectivity index (χ1v) is 7.43. The minimum atomic E-state index is -0.735. The van der Waals surface area contributed by atoms with Crippen molar-refractivity contribution in [3.8, 4) is 0 Å². The summed E-state index contributed by atoms with van der Waals surface area (Å²) in [5, 5.41) is 7.24. The van der Waals surface area contributed by atoms with E-state index in [4.69, 9.17) is 0 Å². The molecule has 20 heavy (non-hydrogen) atoms. The van der Waals surface area contributed by atoms with Crippen LogP contribution in [0.4, 0.5) is 10.8 Å². The number of thiazole rings is 1. The van der Waals surface area contributed by atoms with E-state index in [0.717, 1.165) is 15.7 Å². The van der Waals surface area contributed by atoms with Crippen LogP contribution in [0.5, 0.6) is 0 Å². The number of halogens is 1. The van der Waals surface area contributed by atoms with Gasteiger partial charge in [-0.15, -0.1) is 11.3 Å². The second kappa shape index (κ2) is 6.15. The number of anilines is 2. The minimum absolute atomic E-state index is 0.412. The van der Waals surface area contributed by atoms with Gasteiger partial charge in [-0.3, -0.25) is 14.9 Å². The van der Waals surface area contributed by atoms with Crippen molar-refractivity contribution in [1.29, 1.82) is 0 Å². The summed E-state index contributed by atoms with van der Waals surface area (Å²) < 4.78 is 0.913. The molecule has 7 heteroatoms. The molecule has 2 N–H and O–H groups in total. The Bertz CT molecular complexity index is 669. The van der Waals surface area contributed by atoms with E-state index >= 15 is 0 Å². The average molecular weight is 354 g/mol. The third-order valence-electron chi connectivity index (χ3n) is 2.48. The number of hydrogen-bond acceptors (Lipinski definition) is 4. The molecular weight excluding hydrogens is 342 g/mol. The second-order valence-electron chi connectivity index (χ2n) is 4.16. The van der Waals surface area contributed by atoms with E-state index in [-0.39, 0.29) is 0 Å². The molecule has 104 valence electrons. The number of rotatable bonds is 2. The monoisotopic (exact) mass is 353 g/mol. The third-order valence-corrected chi connectivity index (χ3v) is 3.85. The second-order valence-corrected chi connectivity index (χ2v) is 5.94. The molecule has 0 atom stereocenters. The molecule has 0 bridgehead atoms. The standard InChI is InChI=1S/C13H12BrN3O2S/c1-7-5-9(14)3-4-10(7)16-11(18)12(19)17-13-15-8(2)6-20-13/h3-6H,1-2H3,(H,16,18)(H,15,17,19). The first-order chi connectivity index (χ1) is 9.45. The zero-order valence-electron chi connectivity index (χ0n) is 10.9. The van der Waals surface area contributed by atoms with Crippen LogP contribution in [0, 0.1) is 13.8 Å². The molecule has 0 aliphatic rings. The van der Waals surface area contributed by atoms with Crippen LogP contribution in [-0.2, 0) is 9.59 Å². The molecule has 0 saturated heterocycles. The van der Waals surface area contributed by atoms with Gasteiger partial charge in [0, 0.05) is 15.5 Å². The Morgan fingerprint density at radius 2 is 1.90 bits per heavy atom. The van der Waals surface area contributed by atoms with Crippen molar-refractivity contribution in [2.45, 2.75) is 13.8 Å². The first-order valence-electron chi connectivity index (χ1n) is 5.76. The van der Waals surface area contributed by atoms with Crippen LogP contribution in [0.15, 0.2) is 28.1 Å². The molecular formula is C13H12BrN3O2S. The number of nitrogens with one attached hydrogen (secondary N) is 2. The highest BCUT2D eigenvalue weighted by atomic mass is 79.9. The number of carbonyl (C=O) groups is 2. The first kappa shape index (κ1) is 14.7. The van der Waals surface area contributed by atoms with Crippen LogP contribution in [0.2, 0.25) is 0 Å². The molecule has 1 aromatic carbocycles. The molecule has 0 radical (unpaired) electrons. The van der Waals surface area contributed by atoms with Gasteiger partial charge in [0.15, 0.2) is 5.13 Å². The number of hydrogen-bond donors (Lipinski definition) is 2. The smallest absolute Gasteiger partial charge is 0.315 e. The largest absolute Gasteiger partial charge is 0.318 e. The quantitative estimate of drug-likeness (QED) is 0.814. The van der Waals surface area contributed by atoms with Gasteiger partial charge in [0.2, 0.25) is 0 Å². The highest BCUT2D eigenvalue weighted by molar-refractivity contribution is 9.10. The Kier molecular flexibility index (Phi) is 4.51. The van der Waals surface area contributed by atoms with Crippen molar-refractivity contribution in [3.63, 3.8) is 0 Å². The molecule has 0 spiro atoms. The summed E-state index contributed by atoms with van der Waals surface area (Å²) in [6, 6.07) is 5.39. The number of aryl methyl sites for hydroxylation is 2. The highest BCUT2D eigenvalue weighted by Crippen LogP contribution is 2.20. The van der Waals surface area contributed by atoms with E-state index in [1.807, 2.05) is 19.9 Å². The lowest BCUT2D eigenvalue weighted by Crippen LogP contribution is -2.29. The highest BCUT2D eigenvalue weighted by Gasteiger charge is 2.16. The fourth-order valence-electron chi connectivity index (χ4n) is 1.51. The summed E-state index contributed by atoms with van der Waals surface area (Å²) in [4.78, 5) is 27.6. The summed E-state index contributed by atoms with van der Waals surface area (Å²) in [5.74, 6) is -1.45. The summed E-state index contributed by atoms with van der Waals surface area (Å²) in [6.45, 7) is 3.67. The lowest BCUT2D eigenvalue weighted by atomic mass is 10.2. The fourth-order valence-corrected chi connectivity index (χ4v) is 2.67. The van der Waals surface area contributed by atoms with Crippen molar-refractivity contribution in [2.24, 2.45) is 0 Å². The van der Waals surface area contributed by atoms with Crippen LogP contribution >= 0.6 is 27.3 Å². The van der Waals surface area contributed by atoms with Crippen molar-refractivity contribution in [1.82, 2.24) is 4.98 Å². The average Bonchev–Trinajstić information content (AvgIpc) is 2.78. The Balaban J connectivity index is 2.02. The fraction of sp³-hybridized carbons (Fsp3) is 0.154. The number of carbonyl (C=O) groups excluding carboxylic acids is 2. The van der Waals surface area contributed by atoms with Gasteiger partial charge in [-0.1, -0.05) is 15.9 Å². The molecule has 0 aliphatic carbocycles. The predicted molar refractivity (Wildman–Crippen MR) is 83.0 cm³/mol. The van der Waals surface area contributed by atoms with Crippen LogP contribution < -0.4 is 10.6 Å². The van der Waals surface area contributed by atoms with E-state index in [9.17, 15) is 9.59 Å². The Labute approximate surface area is 128 Å². The van der Waals surface area contributed by atoms with Crippen LogP contribution in [0.25, 0.3) is 0 Å². The summed E-state index contributed by atoms with van der Waals surface area (Å²) in [5.41, 5.74) is 2.27. The molecule has 0 aliphatic heterocycles. The molecule has 5 nitrogen and oxygen atoms in total. The summed E-state index contributed by atoms with van der Waals surface area (Å²) in [7, 11) is 0. The van der Waals surface area contributed by atoms with E-state index < -0.39 is 11.8 Å². The molecule has 2 amide bonds. The van der Waals surface area contributed by atoms with E-state index in [1.54, 1.807) is 17.5 Å². The minimum Gasteiger partial charge on any atom is -0.318 e. The van der Waals surface area contributed by atoms with Gasteiger partial charge in [0.25, 0.3) is 0 Å². The van der Waals surface area contributed by atoms with E-state index in [0.29, 0.717) is 10.8 Å². The maximum atomic E-state index is 11.8. The normalized spacial score (nSPS) is 10.2. The predicted octanol–water partition coefficient (Wildman–Crippen LogP) is 3.10. The number of aromatic nitrogens is 1. The van der Waals surface area contributed by atoms with Gasteiger partial charge in [-0.25, -0.2) is 4.98 Å². The number of benzene rings is 1. The number of amides is 2. The van der Waals surface area contributed by atoms with Gasteiger partial charge in [-0.05, 0) is 37.6 Å². The van der Waals surface area contributed by atoms with Crippen molar-refractivity contribution >= 4 is 49.9 Å². The lowest BCUT2D eigenvalue weighted by molar-refractivity contribution is -0.133. The molecule has 0 fully saturated rings. The Morgan fingerprint density at radius 3 is 2.50 bits per heavy atom. The SMILES string of the molecule is Cc1csc(NC(=O)C(=O)Nc2ccc(Br)cc2C)n1. The Hall–Kier alpha value is -1.73. The third kappa shape index (κ3) is 3.64. The van der Waals surface area contributed by atoms with Crippen LogP contribution in [-0.4, -0.2) is 16.8 Å². The maximum Gasteiger partial charge on any atom is 0.315 e. The van der Waals surface area contributed by atoms with Crippen molar-refractivity contribution in [3.05, 3.63) is 39.3 Å². The number of nitrogens with zero attached hydrogens (tertiary/aromatic N) is 1. The zero-order chi connectivity index (χ0) is 14.7. The van der Waals surface area contributed by atoms with Crippen LogP contribution in [0.3, 0.4) is 0 Å². The topological polar surface area (TPSA) is 71.1 Å². The molecule has 0 unspecified atom stereocenters. The summed E-state index contributed by atoms with van der Waals surface area (Å²) in [6.07, 6.45) is 0. The lowest BCUT2D eigenvalue weighted by Gasteiger charge is -2.08. The Morgan fingerprint density at radius 1 is 1.20 bits per heavy atom. The van der Waals surface area contributed by atoms with Gasteiger partial charge in [0.1, 0.15) is 0 Å². The van der Waals surface area contributed by atoms with E-state index in [1.165, 1.54) is 11.3 Å². The molecule has 2 aromatic rings. The van der Waals surface area contributed by atoms with Gasteiger partial charge < -0.3 is 5.32 Å². The molecule has 1 heterocycles. The maximum absolute atomic E-state index is 11.8. The molecule has 0 saturated carbocycles. The summed E-state index contributed by atoms with van der Waals surface area (Å²) >= 11 is 4.62.